The molecule has 2 aromatic rings. The van der Waals surface area contributed by atoms with E-state index in [0.29, 0.717) is 23.6 Å². The molecule has 2 N–H and O–H groups in total. The summed E-state index contributed by atoms with van der Waals surface area (Å²) in [5, 5.41) is 21.2. The first-order chi connectivity index (χ1) is 13.0. The molecule has 0 unspecified atom stereocenters. The number of carbonyl (C=O) groups is 2. The molecule has 2 rings (SSSR count). The number of hydrogen-bond donors (Lipinski definition) is 2. The van der Waals surface area contributed by atoms with Gasteiger partial charge in [-0.2, -0.15) is 5.26 Å². The van der Waals surface area contributed by atoms with Crippen molar-refractivity contribution in [1.29, 1.82) is 5.26 Å². The van der Waals surface area contributed by atoms with Gasteiger partial charge in [0.2, 0.25) is 0 Å². The molecular formula is C20H18N2O5. The summed E-state index contributed by atoms with van der Waals surface area (Å²) in [6.45, 7) is 2.07. The van der Waals surface area contributed by atoms with Crippen molar-refractivity contribution in [2.45, 2.75) is 6.92 Å². The molecule has 0 radical (unpaired) electrons. The summed E-state index contributed by atoms with van der Waals surface area (Å²) in [7, 11) is 1.53. The van der Waals surface area contributed by atoms with Crippen LogP contribution in [0.5, 0.6) is 11.5 Å². The molecule has 7 heteroatoms. The lowest BCUT2D eigenvalue weighted by atomic mass is 10.1. The van der Waals surface area contributed by atoms with E-state index in [4.69, 9.17) is 9.47 Å². The molecule has 0 atom stereocenters. The van der Waals surface area contributed by atoms with E-state index in [9.17, 15) is 20.0 Å². The van der Waals surface area contributed by atoms with Crippen LogP contribution in [0.1, 0.15) is 22.8 Å². The Morgan fingerprint density at radius 2 is 1.93 bits per heavy atom. The molecule has 2 aromatic carbocycles. The summed E-state index contributed by atoms with van der Waals surface area (Å²) < 4.78 is 10.3. The second-order valence-corrected chi connectivity index (χ2v) is 5.35. The minimum absolute atomic E-state index is 0.0431. The van der Waals surface area contributed by atoms with Crippen LogP contribution in [0.15, 0.2) is 48.0 Å². The van der Waals surface area contributed by atoms with Crippen LogP contribution in [-0.4, -0.2) is 30.7 Å². The molecule has 0 heterocycles. The fourth-order valence-electron chi connectivity index (χ4n) is 2.27. The lowest BCUT2D eigenvalue weighted by molar-refractivity contribution is -0.112. The molecule has 0 aliphatic rings. The van der Waals surface area contributed by atoms with Gasteiger partial charge in [-0.3, -0.25) is 4.79 Å². The zero-order valence-electron chi connectivity index (χ0n) is 14.9. The summed E-state index contributed by atoms with van der Waals surface area (Å²) in [5.74, 6) is -0.897. The normalized spacial score (nSPS) is 10.6. The van der Waals surface area contributed by atoms with E-state index in [1.165, 1.54) is 25.3 Å². The third kappa shape index (κ3) is 5.09. The monoisotopic (exact) mass is 366 g/mol. The minimum Gasteiger partial charge on any atom is -0.497 e. The smallest absolute Gasteiger partial charge is 0.339 e. The summed E-state index contributed by atoms with van der Waals surface area (Å²) in [6.07, 6.45) is 1.32. The Hall–Kier alpha value is -3.79. The number of rotatable bonds is 7. The van der Waals surface area contributed by atoms with Crippen molar-refractivity contribution in [1.82, 2.24) is 0 Å². The van der Waals surface area contributed by atoms with E-state index in [1.54, 1.807) is 37.3 Å². The van der Waals surface area contributed by atoms with Gasteiger partial charge < -0.3 is 19.9 Å². The second-order valence-electron chi connectivity index (χ2n) is 5.35. The molecule has 0 spiro atoms. The molecule has 27 heavy (non-hydrogen) atoms. The van der Waals surface area contributed by atoms with Crippen molar-refractivity contribution in [2.24, 2.45) is 0 Å². The number of ether oxygens (including phenoxy) is 2. The first-order valence-corrected chi connectivity index (χ1v) is 8.05. The van der Waals surface area contributed by atoms with E-state index in [-0.39, 0.29) is 16.9 Å². The third-order valence-electron chi connectivity index (χ3n) is 3.56. The van der Waals surface area contributed by atoms with Crippen molar-refractivity contribution in [2.75, 3.05) is 19.0 Å². The topological polar surface area (TPSA) is 109 Å². The van der Waals surface area contributed by atoms with E-state index in [1.807, 2.05) is 6.07 Å². The van der Waals surface area contributed by atoms with Crippen LogP contribution < -0.4 is 14.8 Å². The maximum atomic E-state index is 12.3. The molecule has 0 bridgehead atoms. The lowest BCUT2D eigenvalue weighted by Crippen LogP contribution is -2.13. The number of aromatic carboxylic acids is 1. The number of anilines is 1. The largest absolute Gasteiger partial charge is 0.497 e. The van der Waals surface area contributed by atoms with Gasteiger partial charge in [-0.05, 0) is 55.0 Å². The van der Waals surface area contributed by atoms with Crippen molar-refractivity contribution >= 4 is 23.6 Å². The molecular weight excluding hydrogens is 348 g/mol. The average molecular weight is 366 g/mol. The molecule has 7 nitrogen and oxygen atoms in total. The van der Waals surface area contributed by atoms with Crippen molar-refractivity contribution < 1.29 is 24.2 Å². The van der Waals surface area contributed by atoms with Crippen molar-refractivity contribution in [3.05, 3.63) is 59.2 Å². The second kappa shape index (κ2) is 9.06. The highest BCUT2D eigenvalue weighted by Crippen LogP contribution is 2.22. The van der Waals surface area contributed by atoms with Crippen LogP contribution in [0.25, 0.3) is 6.08 Å². The molecule has 0 saturated carbocycles. The van der Waals surface area contributed by atoms with Gasteiger partial charge in [0.15, 0.2) is 0 Å². The highest BCUT2D eigenvalue weighted by atomic mass is 16.5. The maximum absolute atomic E-state index is 12.3. The highest BCUT2D eigenvalue weighted by Gasteiger charge is 2.14. The third-order valence-corrected chi connectivity index (χ3v) is 3.56. The Kier molecular flexibility index (Phi) is 6.55. The molecule has 0 saturated heterocycles. The predicted molar refractivity (Wildman–Crippen MR) is 99.8 cm³/mol. The zero-order valence-corrected chi connectivity index (χ0v) is 14.9. The zero-order chi connectivity index (χ0) is 19.8. The Morgan fingerprint density at radius 1 is 1.22 bits per heavy atom. The summed E-state index contributed by atoms with van der Waals surface area (Å²) in [6, 6.07) is 12.9. The van der Waals surface area contributed by atoms with Gasteiger partial charge in [-0.15, -0.1) is 0 Å². The number of carboxylic acids is 1. The van der Waals surface area contributed by atoms with Crippen LogP contribution in [0.2, 0.25) is 0 Å². The average Bonchev–Trinajstić information content (AvgIpc) is 2.67. The predicted octanol–water partition coefficient (Wildman–Crippen LogP) is 3.34. The van der Waals surface area contributed by atoms with Gasteiger partial charge in [0.1, 0.15) is 28.7 Å². The maximum Gasteiger partial charge on any atom is 0.339 e. The van der Waals surface area contributed by atoms with Crippen molar-refractivity contribution in [3.8, 4) is 17.6 Å². The van der Waals surface area contributed by atoms with Gasteiger partial charge in [-0.1, -0.05) is 6.07 Å². The highest BCUT2D eigenvalue weighted by molar-refractivity contribution is 6.09. The fourth-order valence-corrected chi connectivity index (χ4v) is 2.27. The molecule has 1 amide bonds. The summed E-state index contributed by atoms with van der Waals surface area (Å²) in [4.78, 5) is 23.7. The lowest BCUT2D eigenvalue weighted by Gasteiger charge is -2.08. The van der Waals surface area contributed by atoms with Gasteiger partial charge in [0.05, 0.1) is 13.7 Å². The quantitative estimate of drug-likeness (QED) is 0.575. The Bertz CT molecular complexity index is 911. The number of carboxylic acid groups (broad SMARTS) is 1. The van der Waals surface area contributed by atoms with Crippen LogP contribution >= 0.6 is 0 Å². The Morgan fingerprint density at radius 3 is 2.48 bits per heavy atom. The number of methoxy groups -OCH3 is 1. The molecule has 0 aliphatic heterocycles. The number of carbonyl (C=O) groups excluding carboxylic acids is 1. The number of benzene rings is 2. The van der Waals surface area contributed by atoms with Crippen LogP contribution in [0.3, 0.4) is 0 Å². The summed E-state index contributed by atoms with van der Waals surface area (Å²) in [5.41, 5.74) is 0.696. The number of nitrogens with zero attached hydrogens (tertiary/aromatic N) is 1. The minimum atomic E-state index is -1.16. The number of hydrogen-bond acceptors (Lipinski definition) is 5. The van der Waals surface area contributed by atoms with Crippen molar-refractivity contribution in [3.63, 3.8) is 0 Å². The SMILES string of the molecule is CCOc1ccc(/C=C(\C#N)C(=O)Nc2ccc(OC)cc2)cc1C(=O)O. The molecule has 0 aromatic heterocycles. The Balaban J connectivity index is 2.26. The van der Waals surface area contributed by atoms with Gasteiger partial charge in [-0.25, -0.2) is 4.79 Å². The first-order valence-electron chi connectivity index (χ1n) is 8.05. The van der Waals surface area contributed by atoms with E-state index >= 15 is 0 Å². The van der Waals surface area contributed by atoms with Crippen LogP contribution in [0, 0.1) is 11.3 Å². The number of nitriles is 1. The van der Waals surface area contributed by atoms with Crippen LogP contribution in [-0.2, 0) is 4.79 Å². The summed E-state index contributed by atoms with van der Waals surface area (Å²) >= 11 is 0. The van der Waals surface area contributed by atoms with Gasteiger partial charge >= 0.3 is 5.97 Å². The van der Waals surface area contributed by atoms with E-state index < -0.39 is 11.9 Å². The number of amides is 1. The van der Waals surface area contributed by atoms with Crippen LogP contribution in [0.4, 0.5) is 5.69 Å². The van der Waals surface area contributed by atoms with E-state index in [2.05, 4.69) is 5.32 Å². The first kappa shape index (κ1) is 19.5. The molecule has 138 valence electrons. The Labute approximate surface area is 156 Å². The standard InChI is InChI=1S/C20H18N2O5/c1-3-27-18-9-4-13(11-17(18)20(24)25)10-14(12-21)19(23)22-15-5-7-16(26-2)8-6-15/h4-11H,3H2,1-2H3,(H,22,23)(H,24,25)/b14-10+. The van der Waals surface area contributed by atoms with Gasteiger partial charge in [0.25, 0.3) is 5.91 Å². The molecule has 0 fully saturated rings. The van der Waals surface area contributed by atoms with E-state index in [0.717, 1.165) is 0 Å². The fraction of sp³-hybridized carbons (Fsp3) is 0.150. The molecule has 0 aliphatic carbocycles. The van der Waals surface area contributed by atoms with Gasteiger partial charge in [0, 0.05) is 5.69 Å². The number of nitrogens with one attached hydrogen (secondary N) is 1.